The van der Waals surface area contributed by atoms with E-state index in [0.717, 1.165) is 11.1 Å². The monoisotopic (exact) mass is 578 g/mol. The second-order valence-corrected chi connectivity index (χ2v) is 10.2. The van der Waals surface area contributed by atoms with Crippen LogP contribution >= 0.6 is 0 Å². The summed E-state index contributed by atoms with van der Waals surface area (Å²) >= 11 is 0. The van der Waals surface area contributed by atoms with Crippen molar-refractivity contribution < 1.29 is 29.6 Å². The molecule has 2 aromatic rings. The lowest BCUT2D eigenvalue weighted by atomic mass is 9.92. The number of hydrogen-bond acceptors (Lipinski definition) is 12. The fourth-order valence-electron chi connectivity index (χ4n) is 5.07. The average molecular weight is 579 g/mol. The number of benzene rings is 2. The number of aliphatic hydroxyl groups is 3. The van der Waals surface area contributed by atoms with Gasteiger partial charge in [0.2, 0.25) is 11.8 Å². The Morgan fingerprint density at radius 2 is 1.69 bits per heavy atom. The molecule has 42 heavy (non-hydrogen) atoms. The number of anilines is 1. The van der Waals surface area contributed by atoms with Gasteiger partial charge in [-0.1, -0.05) is 36.4 Å². The number of aliphatic imine (C=N–C) groups is 3. The molecule has 3 heterocycles. The first-order valence-corrected chi connectivity index (χ1v) is 13.5. The van der Waals surface area contributed by atoms with Crippen molar-refractivity contribution in [2.24, 2.45) is 26.4 Å². The van der Waals surface area contributed by atoms with Gasteiger partial charge in [-0.3, -0.25) is 20.3 Å². The summed E-state index contributed by atoms with van der Waals surface area (Å²) in [4.78, 5) is 39.3. The minimum Gasteiger partial charge on any atom is -0.394 e. The summed E-state index contributed by atoms with van der Waals surface area (Å²) in [6, 6.07) is 14.2. The van der Waals surface area contributed by atoms with E-state index in [1.54, 1.807) is 53.4 Å². The third-order valence-electron chi connectivity index (χ3n) is 7.32. The van der Waals surface area contributed by atoms with E-state index < -0.39 is 36.8 Å². The Labute approximate surface area is 241 Å². The summed E-state index contributed by atoms with van der Waals surface area (Å²) < 4.78 is 5.65. The summed E-state index contributed by atoms with van der Waals surface area (Å²) in [6.07, 6.45) is -2.77. The van der Waals surface area contributed by atoms with Crippen LogP contribution in [0.25, 0.3) is 0 Å². The van der Waals surface area contributed by atoms with Gasteiger partial charge in [-0.25, -0.2) is 9.98 Å². The van der Waals surface area contributed by atoms with Gasteiger partial charge >= 0.3 is 0 Å². The first kappa shape index (κ1) is 29.4. The lowest BCUT2D eigenvalue weighted by Crippen LogP contribution is -2.53. The molecule has 1 fully saturated rings. The Morgan fingerprint density at radius 1 is 1.02 bits per heavy atom. The summed E-state index contributed by atoms with van der Waals surface area (Å²) in [7, 11) is 0. The molecule has 1 saturated heterocycles. The molecule has 14 nitrogen and oxygen atoms in total. The molecular formula is C28H34N8O6. The van der Waals surface area contributed by atoms with Crippen LogP contribution < -0.4 is 22.1 Å². The molecule has 2 amide bonds. The Kier molecular flexibility index (Phi) is 8.72. The predicted molar refractivity (Wildman–Crippen MR) is 155 cm³/mol. The first-order chi connectivity index (χ1) is 20.2. The Balaban J connectivity index is 1.19. The number of fused-ring (bicyclic) bond motifs is 1. The van der Waals surface area contributed by atoms with Crippen molar-refractivity contribution in [3.8, 4) is 0 Å². The van der Waals surface area contributed by atoms with E-state index in [0.29, 0.717) is 35.9 Å². The normalized spacial score (nSPS) is 26.5. The molecule has 0 aliphatic carbocycles. The molecule has 222 valence electrons. The van der Waals surface area contributed by atoms with Crippen LogP contribution in [0.1, 0.15) is 16.7 Å². The Morgan fingerprint density at radius 3 is 2.33 bits per heavy atom. The standard InChI is InChI=1S/C28H34N8O6/c29-9-10-31-21(38)11-17-3-7-19(8-4-17)35-22(39)12-16-1-5-18(6-2-16)28(30)25-26(32-14-34-28)36(15-33-25)27-24(41)23(40)20(13-37)42-27/h1-8,14,20,23-24,27,37,40-41H,9-13,15,29-30H2,(H,31,38)(H,35,39)/t20-,23-,24-,27-,28?/m1/s1. The fraction of sp³-hybridized carbons (Fsp3) is 0.393. The lowest BCUT2D eigenvalue weighted by Gasteiger charge is -2.32. The van der Waals surface area contributed by atoms with Gasteiger partial charge in [-0.15, -0.1) is 0 Å². The number of rotatable bonds is 10. The average Bonchev–Trinajstić information content (AvgIpc) is 3.54. The second-order valence-electron chi connectivity index (χ2n) is 10.2. The summed E-state index contributed by atoms with van der Waals surface area (Å²) in [5, 5.41) is 35.6. The summed E-state index contributed by atoms with van der Waals surface area (Å²) in [5.74, 6) is 0.0309. The third kappa shape index (κ3) is 5.94. The third-order valence-corrected chi connectivity index (χ3v) is 7.32. The SMILES string of the molecule is NCCNC(=O)Cc1ccc(NC(=O)Cc2ccc(C3(N)N=CN=C4C3=NCN4[C@@H]3O[C@H](CO)[C@@H](O)[C@H]3O)cc2)cc1. The number of nitrogens with zero attached hydrogens (tertiary/aromatic N) is 4. The van der Waals surface area contributed by atoms with Gasteiger partial charge in [-0.2, -0.15) is 0 Å². The molecule has 0 aromatic heterocycles. The van der Waals surface area contributed by atoms with Gasteiger partial charge in [0.05, 0.1) is 19.4 Å². The van der Waals surface area contributed by atoms with Crippen molar-refractivity contribution in [2.45, 2.75) is 43.0 Å². The number of aliphatic hydroxyl groups excluding tert-OH is 3. The quantitative estimate of drug-likeness (QED) is 0.169. The van der Waals surface area contributed by atoms with E-state index in [1.165, 1.54) is 6.34 Å². The van der Waals surface area contributed by atoms with E-state index in [-0.39, 0.29) is 31.3 Å². The maximum absolute atomic E-state index is 12.7. The van der Waals surface area contributed by atoms with Crippen LogP contribution in [0.4, 0.5) is 5.69 Å². The van der Waals surface area contributed by atoms with Gasteiger partial charge in [0.15, 0.2) is 17.7 Å². The van der Waals surface area contributed by atoms with Crippen molar-refractivity contribution in [3.05, 3.63) is 65.2 Å². The molecule has 5 rings (SSSR count). The van der Waals surface area contributed by atoms with Gasteiger partial charge in [0.1, 0.15) is 37.0 Å². The van der Waals surface area contributed by atoms with Crippen molar-refractivity contribution in [2.75, 3.05) is 31.7 Å². The van der Waals surface area contributed by atoms with Crippen molar-refractivity contribution in [1.29, 1.82) is 0 Å². The highest BCUT2D eigenvalue weighted by molar-refractivity contribution is 6.47. The van der Waals surface area contributed by atoms with Gasteiger partial charge in [-0.05, 0) is 23.3 Å². The number of carbonyl (C=O) groups excluding carboxylic acids is 2. The van der Waals surface area contributed by atoms with Gasteiger partial charge < -0.3 is 41.3 Å². The zero-order chi connectivity index (χ0) is 29.9. The second kappa shape index (κ2) is 12.4. The number of ether oxygens (including phenoxy) is 1. The molecule has 0 radical (unpaired) electrons. The maximum atomic E-state index is 12.7. The number of amidine groups is 1. The van der Waals surface area contributed by atoms with Crippen LogP contribution in [0.15, 0.2) is 63.5 Å². The van der Waals surface area contributed by atoms with E-state index in [2.05, 4.69) is 25.6 Å². The van der Waals surface area contributed by atoms with Crippen LogP contribution in [0.3, 0.4) is 0 Å². The van der Waals surface area contributed by atoms with Crippen LogP contribution in [0, 0.1) is 0 Å². The van der Waals surface area contributed by atoms with E-state index in [4.69, 9.17) is 16.2 Å². The smallest absolute Gasteiger partial charge is 0.228 e. The van der Waals surface area contributed by atoms with Gasteiger partial charge in [0, 0.05) is 24.3 Å². The van der Waals surface area contributed by atoms with E-state index in [9.17, 15) is 24.9 Å². The molecule has 2 aromatic carbocycles. The van der Waals surface area contributed by atoms with E-state index in [1.807, 2.05) is 0 Å². The Bertz CT molecular complexity index is 1400. The summed E-state index contributed by atoms with van der Waals surface area (Å²) in [5.41, 5.74) is 13.9. The lowest BCUT2D eigenvalue weighted by molar-refractivity contribution is -0.120. The van der Waals surface area contributed by atoms with E-state index >= 15 is 0 Å². The van der Waals surface area contributed by atoms with Crippen LogP contribution in [-0.2, 0) is 32.8 Å². The Hall–Kier alpha value is -4.05. The zero-order valence-electron chi connectivity index (χ0n) is 22.8. The summed E-state index contributed by atoms with van der Waals surface area (Å²) in [6.45, 7) is 0.433. The fourth-order valence-corrected chi connectivity index (χ4v) is 5.07. The molecule has 3 aliphatic rings. The van der Waals surface area contributed by atoms with Crippen LogP contribution in [0.2, 0.25) is 0 Å². The highest BCUT2D eigenvalue weighted by Gasteiger charge is 2.51. The molecule has 14 heteroatoms. The van der Waals surface area contributed by atoms with Crippen LogP contribution in [-0.4, -0.2) is 101 Å². The molecule has 5 atom stereocenters. The van der Waals surface area contributed by atoms with Crippen LogP contribution in [0.5, 0.6) is 0 Å². The first-order valence-electron chi connectivity index (χ1n) is 13.5. The topological polar surface area (TPSA) is 220 Å². The van der Waals surface area contributed by atoms with Gasteiger partial charge in [0.25, 0.3) is 0 Å². The number of carbonyl (C=O) groups is 2. The van der Waals surface area contributed by atoms with Crippen molar-refractivity contribution in [3.63, 3.8) is 0 Å². The number of nitrogens with two attached hydrogens (primary N) is 2. The predicted octanol–water partition coefficient (Wildman–Crippen LogP) is -1.81. The molecule has 0 spiro atoms. The largest absolute Gasteiger partial charge is 0.394 e. The molecule has 0 bridgehead atoms. The molecule has 3 aliphatic heterocycles. The number of nitrogens with one attached hydrogen (secondary N) is 2. The molecular weight excluding hydrogens is 544 g/mol. The minimum absolute atomic E-state index is 0.0732. The van der Waals surface area contributed by atoms with Crippen molar-refractivity contribution in [1.82, 2.24) is 10.2 Å². The maximum Gasteiger partial charge on any atom is 0.228 e. The highest BCUT2D eigenvalue weighted by atomic mass is 16.6. The number of hydrogen-bond donors (Lipinski definition) is 7. The zero-order valence-corrected chi connectivity index (χ0v) is 22.8. The molecule has 0 saturated carbocycles. The number of amides is 2. The van der Waals surface area contributed by atoms with Crippen molar-refractivity contribution >= 4 is 35.4 Å². The minimum atomic E-state index is -1.37. The molecule has 9 N–H and O–H groups in total. The molecule has 1 unspecified atom stereocenters. The highest BCUT2D eigenvalue weighted by Crippen LogP contribution is 2.32.